The summed E-state index contributed by atoms with van der Waals surface area (Å²) < 4.78 is 11.9. The number of esters is 1. The highest BCUT2D eigenvalue weighted by atomic mass is 16.5. The number of carbonyl (C=O) groups is 2. The zero-order valence-electron chi connectivity index (χ0n) is 14.7. The Morgan fingerprint density at radius 2 is 1.85 bits per heavy atom. The van der Waals surface area contributed by atoms with E-state index >= 15 is 0 Å². The van der Waals surface area contributed by atoms with Crippen molar-refractivity contribution in [3.63, 3.8) is 0 Å². The maximum atomic E-state index is 12.3. The number of anilines is 1. The average Bonchev–Trinajstić information content (AvgIpc) is 3.23. The number of ether oxygens (including phenoxy) is 2. The highest BCUT2D eigenvalue weighted by molar-refractivity contribution is 5.98. The van der Waals surface area contributed by atoms with Gasteiger partial charge in [0.1, 0.15) is 12.1 Å². The molecule has 0 fully saturated rings. The minimum absolute atomic E-state index is 0.309. The number of methoxy groups -OCH3 is 1. The van der Waals surface area contributed by atoms with Gasteiger partial charge in [-0.2, -0.15) is 0 Å². The summed E-state index contributed by atoms with van der Waals surface area (Å²) >= 11 is 0. The maximum Gasteiger partial charge on any atom is 0.338 e. The van der Waals surface area contributed by atoms with Gasteiger partial charge in [-0.05, 0) is 53.7 Å². The molecule has 1 atom stereocenters. The summed E-state index contributed by atoms with van der Waals surface area (Å²) in [5.74, 6) is -0.554. The largest absolute Gasteiger partial charge is 0.495 e. The molecule has 0 bridgehead atoms. The van der Waals surface area contributed by atoms with Gasteiger partial charge >= 0.3 is 5.97 Å². The molecule has 0 saturated carbocycles. The first-order valence-electron chi connectivity index (χ1n) is 8.07. The van der Waals surface area contributed by atoms with E-state index in [9.17, 15) is 9.59 Å². The quantitative estimate of drug-likeness (QED) is 0.662. The van der Waals surface area contributed by atoms with E-state index in [1.165, 1.54) is 25.0 Å². The molecular formula is C18H17N5O4. The lowest BCUT2D eigenvalue weighted by Crippen LogP contribution is -2.30. The highest BCUT2D eigenvalue weighted by Gasteiger charge is 2.20. The van der Waals surface area contributed by atoms with Crippen LogP contribution in [0, 0.1) is 0 Å². The fourth-order valence-corrected chi connectivity index (χ4v) is 2.29. The molecule has 0 saturated heterocycles. The van der Waals surface area contributed by atoms with Gasteiger partial charge in [0, 0.05) is 0 Å². The zero-order valence-corrected chi connectivity index (χ0v) is 14.7. The van der Waals surface area contributed by atoms with E-state index in [0.29, 0.717) is 22.7 Å². The number of carbonyl (C=O) groups excluding carboxylic acids is 2. The SMILES string of the molecule is COc1ccccc1NC(=O)[C@H](C)OC(=O)c1ccc(-n2cnnn2)cc1. The van der Waals surface area contributed by atoms with E-state index in [-0.39, 0.29) is 0 Å². The number of rotatable bonds is 6. The number of benzene rings is 2. The summed E-state index contributed by atoms with van der Waals surface area (Å²) in [7, 11) is 1.51. The van der Waals surface area contributed by atoms with Gasteiger partial charge in [0.25, 0.3) is 5.91 Å². The minimum atomic E-state index is -0.985. The number of hydrogen-bond acceptors (Lipinski definition) is 7. The zero-order chi connectivity index (χ0) is 19.2. The lowest BCUT2D eigenvalue weighted by molar-refractivity contribution is -0.123. The van der Waals surface area contributed by atoms with Crippen molar-refractivity contribution in [3.05, 3.63) is 60.4 Å². The summed E-state index contributed by atoms with van der Waals surface area (Å²) in [5.41, 5.74) is 1.50. The van der Waals surface area contributed by atoms with Crippen LogP contribution in [0.25, 0.3) is 5.69 Å². The van der Waals surface area contributed by atoms with Crippen molar-refractivity contribution in [3.8, 4) is 11.4 Å². The highest BCUT2D eigenvalue weighted by Crippen LogP contribution is 2.23. The van der Waals surface area contributed by atoms with Crippen LogP contribution < -0.4 is 10.1 Å². The number of aromatic nitrogens is 4. The molecule has 1 amide bonds. The molecule has 27 heavy (non-hydrogen) atoms. The van der Waals surface area contributed by atoms with Crippen LogP contribution in [0.3, 0.4) is 0 Å². The monoisotopic (exact) mass is 367 g/mol. The van der Waals surface area contributed by atoms with Crippen LogP contribution in [-0.2, 0) is 9.53 Å². The molecule has 3 aromatic rings. The number of hydrogen-bond donors (Lipinski definition) is 1. The average molecular weight is 367 g/mol. The molecule has 9 heteroatoms. The number of nitrogens with zero attached hydrogens (tertiary/aromatic N) is 4. The van der Waals surface area contributed by atoms with E-state index in [4.69, 9.17) is 9.47 Å². The van der Waals surface area contributed by atoms with Crippen molar-refractivity contribution in [1.29, 1.82) is 0 Å². The van der Waals surface area contributed by atoms with Crippen LogP contribution in [0.2, 0.25) is 0 Å². The van der Waals surface area contributed by atoms with E-state index in [1.54, 1.807) is 48.5 Å². The number of amides is 1. The molecule has 1 aromatic heterocycles. The first kappa shape index (κ1) is 18.1. The molecule has 3 rings (SSSR count). The van der Waals surface area contributed by atoms with E-state index < -0.39 is 18.0 Å². The van der Waals surface area contributed by atoms with E-state index in [0.717, 1.165) is 0 Å². The Bertz CT molecular complexity index is 925. The molecule has 9 nitrogen and oxygen atoms in total. The van der Waals surface area contributed by atoms with Gasteiger partial charge in [0.15, 0.2) is 6.10 Å². The van der Waals surface area contributed by atoms with E-state index in [2.05, 4.69) is 20.8 Å². The predicted molar refractivity (Wildman–Crippen MR) is 95.7 cm³/mol. The molecular weight excluding hydrogens is 350 g/mol. The summed E-state index contributed by atoms with van der Waals surface area (Å²) in [6.45, 7) is 1.50. The van der Waals surface area contributed by atoms with Gasteiger partial charge in [-0.15, -0.1) is 5.10 Å². The Hall–Kier alpha value is -3.75. The Labute approximate surface area is 154 Å². The Balaban J connectivity index is 1.62. The molecule has 1 heterocycles. The van der Waals surface area contributed by atoms with Gasteiger partial charge in [-0.1, -0.05) is 12.1 Å². The van der Waals surface area contributed by atoms with Crippen LogP contribution in [0.5, 0.6) is 5.75 Å². The van der Waals surface area contributed by atoms with Crippen LogP contribution in [-0.4, -0.2) is 45.3 Å². The summed E-state index contributed by atoms with van der Waals surface area (Å²) in [4.78, 5) is 24.5. The van der Waals surface area contributed by atoms with Crippen LogP contribution in [0.1, 0.15) is 17.3 Å². The fourth-order valence-electron chi connectivity index (χ4n) is 2.29. The van der Waals surface area contributed by atoms with Gasteiger partial charge in [-0.25, -0.2) is 9.48 Å². The Kier molecular flexibility index (Phi) is 5.41. The molecule has 0 aliphatic heterocycles. The topological polar surface area (TPSA) is 108 Å². The van der Waals surface area contributed by atoms with Crippen molar-refractivity contribution < 1.29 is 19.1 Å². The number of para-hydroxylation sites is 2. The smallest absolute Gasteiger partial charge is 0.338 e. The standard InChI is InChI=1S/C18H17N5O4/c1-12(17(24)20-15-5-3-4-6-16(15)26-2)27-18(25)13-7-9-14(10-8-13)23-11-19-21-22-23/h3-12H,1-2H3,(H,20,24)/t12-/m0/s1. The van der Waals surface area contributed by atoms with Gasteiger partial charge in [0.05, 0.1) is 24.0 Å². The molecule has 0 aliphatic carbocycles. The molecule has 0 radical (unpaired) electrons. The third kappa shape index (κ3) is 4.27. The van der Waals surface area contributed by atoms with Crippen molar-refractivity contribution in [2.75, 3.05) is 12.4 Å². The minimum Gasteiger partial charge on any atom is -0.495 e. The van der Waals surface area contributed by atoms with Crippen LogP contribution in [0.4, 0.5) is 5.69 Å². The lowest BCUT2D eigenvalue weighted by atomic mass is 10.2. The number of tetrazole rings is 1. The van der Waals surface area contributed by atoms with Crippen LogP contribution >= 0.6 is 0 Å². The normalized spacial score (nSPS) is 11.5. The first-order chi connectivity index (χ1) is 13.1. The second kappa shape index (κ2) is 8.09. The van der Waals surface area contributed by atoms with Gasteiger partial charge in [-0.3, -0.25) is 4.79 Å². The summed E-state index contributed by atoms with van der Waals surface area (Å²) in [5, 5.41) is 13.5. The van der Waals surface area contributed by atoms with Crippen molar-refractivity contribution in [2.45, 2.75) is 13.0 Å². The van der Waals surface area contributed by atoms with Crippen molar-refractivity contribution in [2.24, 2.45) is 0 Å². The predicted octanol–water partition coefficient (Wildman–Crippen LogP) is 1.85. The van der Waals surface area contributed by atoms with Crippen molar-refractivity contribution in [1.82, 2.24) is 20.2 Å². The Morgan fingerprint density at radius 3 is 2.52 bits per heavy atom. The second-order valence-corrected chi connectivity index (χ2v) is 5.54. The van der Waals surface area contributed by atoms with Gasteiger partial charge < -0.3 is 14.8 Å². The summed E-state index contributed by atoms with van der Waals surface area (Å²) in [6.07, 6.45) is 0.457. The molecule has 0 unspecified atom stereocenters. The summed E-state index contributed by atoms with van der Waals surface area (Å²) in [6, 6.07) is 13.5. The first-order valence-corrected chi connectivity index (χ1v) is 8.07. The molecule has 2 aromatic carbocycles. The number of nitrogens with one attached hydrogen (secondary N) is 1. The molecule has 0 aliphatic rings. The molecule has 138 valence electrons. The third-order valence-corrected chi connectivity index (χ3v) is 3.73. The molecule has 0 spiro atoms. The van der Waals surface area contributed by atoms with E-state index in [1.807, 2.05) is 0 Å². The van der Waals surface area contributed by atoms with Crippen LogP contribution in [0.15, 0.2) is 54.9 Å². The fraction of sp³-hybridized carbons (Fsp3) is 0.167. The Morgan fingerprint density at radius 1 is 1.11 bits per heavy atom. The second-order valence-electron chi connectivity index (χ2n) is 5.54. The third-order valence-electron chi connectivity index (χ3n) is 3.73. The van der Waals surface area contributed by atoms with Crippen molar-refractivity contribution >= 4 is 17.6 Å². The molecule has 1 N–H and O–H groups in total. The van der Waals surface area contributed by atoms with Gasteiger partial charge in [0.2, 0.25) is 0 Å². The maximum absolute atomic E-state index is 12.3. The lowest BCUT2D eigenvalue weighted by Gasteiger charge is -2.15.